The molecule has 1 aliphatic heterocycles. The Morgan fingerprint density at radius 3 is 2.67 bits per heavy atom. The zero-order chi connectivity index (χ0) is 13.3. The minimum absolute atomic E-state index is 0.464. The second kappa shape index (κ2) is 5.50. The van der Waals surface area contributed by atoms with Gasteiger partial charge in [0.05, 0.1) is 16.8 Å². The first-order chi connectivity index (χ1) is 8.49. The molecule has 1 heterocycles. The number of nitrogens with zero attached hydrogens (tertiary/aromatic N) is 1. The predicted octanol–water partition coefficient (Wildman–Crippen LogP) is 4.02. The van der Waals surface area contributed by atoms with Gasteiger partial charge in [0.25, 0.3) is 0 Å². The van der Waals surface area contributed by atoms with Gasteiger partial charge in [0.2, 0.25) is 0 Å². The molecule has 2 unspecified atom stereocenters. The summed E-state index contributed by atoms with van der Waals surface area (Å²) in [5.41, 5.74) is 1.97. The van der Waals surface area contributed by atoms with E-state index in [1.807, 2.05) is 18.2 Å². The molecule has 1 aromatic rings. The van der Waals surface area contributed by atoms with Gasteiger partial charge in [-0.1, -0.05) is 24.6 Å². The van der Waals surface area contributed by atoms with Crippen LogP contribution in [0.5, 0.6) is 0 Å². The predicted molar refractivity (Wildman–Crippen MR) is 77.3 cm³/mol. The smallest absolute Gasteiger partial charge is 0.0762 e. The van der Waals surface area contributed by atoms with E-state index >= 15 is 0 Å². The van der Waals surface area contributed by atoms with Crippen LogP contribution in [0.3, 0.4) is 0 Å². The Morgan fingerprint density at radius 1 is 1.33 bits per heavy atom. The summed E-state index contributed by atoms with van der Waals surface area (Å²) in [5.74, 6) is 0.716. The molecule has 1 aliphatic rings. The van der Waals surface area contributed by atoms with Crippen molar-refractivity contribution >= 4 is 17.3 Å². The van der Waals surface area contributed by atoms with E-state index in [9.17, 15) is 5.11 Å². The number of aliphatic hydroxyl groups is 1. The molecule has 0 spiro atoms. The lowest BCUT2D eigenvalue weighted by molar-refractivity contribution is 0.199. The lowest BCUT2D eigenvalue weighted by Gasteiger charge is -2.39. The summed E-state index contributed by atoms with van der Waals surface area (Å²) in [7, 11) is 0. The second-order valence-electron chi connectivity index (χ2n) is 5.57. The van der Waals surface area contributed by atoms with Crippen LogP contribution in [-0.4, -0.2) is 17.7 Å². The van der Waals surface area contributed by atoms with Crippen LogP contribution < -0.4 is 4.90 Å². The maximum Gasteiger partial charge on any atom is 0.0762 e. The van der Waals surface area contributed by atoms with Crippen molar-refractivity contribution in [2.45, 2.75) is 45.8 Å². The number of anilines is 1. The van der Waals surface area contributed by atoms with Crippen LogP contribution in [-0.2, 0) is 0 Å². The van der Waals surface area contributed by atoms with Crippen LogP contribution in [0, 0.1) is 5.92 Å². The van der Waals surface area contributed by atoms with Crippen LogP contribution in [0.4, 0.5) is 5.69 Å². The SMILES string of the molecule is CC1CCC(C)N(c2ccc([C@H](C)O)cc2Cl)C1. The molecule has 2 nitrogen and oxygen atoms in total. The first-order valence-electron chi connectivity index (χ1n) is 6.73. The van der Waals surface area contributed by atoms with Crippen molar-refractivity contribution in [1.82, 2.24) is 0 Å². The van der Waals surface area contributed by atoms with Crippen LogP contribution in [0.2, 0.25) is 5.02 Å². The summed E-state index contributed by atoms with van der Waals surface area (Å²) >= 11 is 6.37. The highest BCUT2D eigenvalue weighted by Gasteiger charge is 2.24. The number of benzene rings is 1. The number of rotatable bonds is 2. The van der Waals surface area contributed by atoms with Gasteiger partial charge in [-0.25, -0.2) is 0 Å². The third kappa shape index (κ3) is 2.81. The normalized spacial score (nSPS) is 26.2. The molecular formula is C15H22ClNO. The van der Waals surface area contributed by atoms with E-state index in [0.717, 1.165) is 22.8 Å². The molecule has 3 heteroatoms. The van der Waals surface area contributed by atoms with Crippen molar-refractivity contribution in [3.8, 4) is 0 Å². The van der Waals surface area contributed by atoms with Crippen LogP contribution >= 0.6 is 11.6 Å². The maximum atomic E-state index is 9.57. The average molecular weight is 268 g/mol. The molecule has 0 saturated carbocycles. The van der Waals surface area contributed by atoms with E-state index in [1.165, 1.54) is 12.8 Å². The van der Waals surface area contributed by atoms with E-state index in [0.29, 0.717) is 12.0 Å². The van der Waals surface area contributed by atoms with Crippen molar-refractivity contribution in [2.24, 2.45) is 5.92 Å². The molecule has 100 valence electrons. The van der Waals surface area contributed by atoms with Gasteiger partial charge >= 0.3 is 0 Å². The highest BCUT2D eigenvalue weighted by atomic mass is 35.5. The van der Waals surface area contributed by atoms with Crippen molar-refractivity contribution in [2.75, 3.05) is 11.4 Å². The van der Waals surface area contributed by atoms with E-state index in [-0.39, 0.29) is 0 Å². The lowest BCUT2D eigenvalue weighted by atomic mass is 9.94. The van der Waals surface area contributed by atoms with Gasteiger partial charge in [-0.3, -0.25) is 0 Å². The molecule has 3 atom stereocenters. The fourth-order valence-electron chi connectivity index (χ4n) is 2.64. The third-order valence-electron chi connectivity index (χ3n) is 3.88. The lowest BCUT2D eigenvalue weighted by Crippen LogP contribution is -2.41. The van der Waals surface area contributed by atoms with Gasteiger partial charge in [-0.2, -0.15) is 0 Å². The standard InChI is InChI=1S/C15H22ClNO/c1-10-4-5-11(2)17(9-10)15-7-6-13(12(3)18)8-14(15)16/h6-8,10-12,18H,4-5,9H2,1-3H3/t10?,11?,12-/m0/s1. The molecule has 0 aromatic heterocycles. The summed E-state index contributed by atoms with van der Waals surface area (Å²) in [4.78, 5) is 2.39. The van der Waals surface area contributed by atoms with Crippen LogP contribution in [0.25, 0.3) is 0 Å². The summed E-state index contributed by atoms with van der Waals surface area (Å²) in [6.07, 6.45) is 2.05. The molecular weight excluding hydrogens is 246 g/mol. The molecule has 0 amide bonds. The number of piperidine rings is 1. The van der Waals surface area contributed by atoms with Crippen LogP contribution in [0.1, 0.15) is 45.3 Å². The van der Waals surface area contributed by atoms with Gasteiger partial charge < -0.3 is 10.0 Å². The van der Waals surface area contributed by atoms with Gasteiger partial charge in [0.1, 0.15) is 0 Å². The van der Waals surface area contributed by atoms with Gasteiger partial charge in [0, 0.05) is 12.6 Å². The molecule has 1 N–H and O–H groups in total. The van der Waals surface area contributed by atoms with E-state index in [2.05, 4.69) is 18.7 Å². The fraction of sp³-hybridized carbons (Fsp3) is 0.600. The number of hydrogen-bond acceptors (Lipinski definition) is 2. The van der Waals surface area contributed by atoms with Gasteiger partial charge in [-0.15, -0.1) is 0 Å². The fourth-order valence-corrected chi connectivity index (χ4v) is 2.94. The largest absolute Gasteiger partial charge is 0.389 e. The Bertz CT molecular complexity index is 419. The molecule has 1 fully saturated rings. The summed E-state index contributed by atoms with van der Waals surface area (Å²) < 4.78 is 0. The Morgan fingerprint density at radius 2 is 2.06 bits per heavy atom. The highest BCUT2D eigenvalue weighted by molar-refractivity contribution is 6.33. The molecule has 0 aliphatic carbocycles. The monoisotopic (exact) mass is 267 g/mol. The first kappa shape index (κ1) is 13.7. The minimum Gasteiger partial charge on any atom is -0.389 e. The Balaban J connectivity index is 2.27. The second-order valence-corrected chi connectivity index (χ2v) is 5.98. The molecule has 1 aromatic carbocycles. The van der Waals surface area contributed by atoms with E-state index < -0.39 is 6.10 Å². The zero-order valence-corrected chi connectivity index (χ0v) is 12.1. The number of hydrogen-bond donors (Lipinski definition) is 1. The first-order valence-corrected chi connectivity index (χ1v) is 7.11. The van der Waals surface area contributed by atoms with Crippen molar-refractivity contribution in [3.63, 3.8) is 0 Å². The van der Waals surface area contributed by atoms with Crippen LogP contribution in [0.15, 0.2) is 18.2 Å². The molecule has 0 radical (unpaired) electrons. The summed E-state index contributed by atoms with van der Waals surface area (Å²) in [6, 6.07) is 6.43. The van der Waals surface area contributed by atoms with Crippen molar-refractivity contribution < 1.29 is 5.11 Å². The quantitative estimate of drug-likeness (QED) is 0.875. The average Bonchev–Trinajstić information content (AvgIpc) is 2.32. The Hall–Kier alpha value is -0.730. The molecule has 1 saturated heterocycles. The highest BCUT2D eigenvalue weighted by Crippen LogP contribution is 2.34. The Kier molecular flexibility index (Phi) is 4.18. The van der Waals surface area contributed by atoms with E-state index in [4.69, 9.17) is 11.6 Å². The number of halogens is 1. The number of aliphatic hydroxyl groups excluding tert-OH is 1. The van der Waals surface area contributed by atoms with Gasteiger partial charge in [0.15, 0.2) is 0 Å². The maximum absolute atomic E-state index is 9.57. The van der Waals surface area contributed by atoms with Gasteiger partial charge in [-0.05, 0) is 50.3 Å². The molecule has 0 bridgehead atoms. The summed E-state index contributed by atoms with van der Waals surface area (Å²) in [5, 5.41) is 10.3. The minimum atomic E-state index is -0.464. The van der Waals surface area contributed by atoms with Crippen molar-refractivity contribution in [3.05, 3.63) is 28.8 Å². The van der Waals surface area contributed by atoms with Crippen molar-refractivity contribution in [1.29, 1.82) is 0 Å². The third-order valence-corrected chi connectivity index (χ3v) is 4.18. The summed E-state index contributed by atoms with van der Waals surface area (Å²) in [6.45, 7) is 7.37. The van der Waals surface area contributed by atoms with E-state index in [1.54, 1.807) is 6.92 Å². The topological polar surface area (TPSA) is 23.5 Å². The molecule has 2 rings (SSSR count). The Labute approximate surface area is 115 Å². The zero-order valence-electron chi connectivity index (χ0n) is 11.4. The molecule has 18 heavy (non-hydrogen) atoms.